The Morgan fingerprint density at radius 3 is 1.88 bits per heavy atom. The molecule has 1 rings (SSSR count). The van der Waals surface area contributed by atoms with Gasteiger partial charge in [-0.15, -0.1) is 0 Å². The fraction of sp³-hybridized carbons (Fsp3) is 1.00. The van der Waals surface area contributed by atoms with E-state index in [-0.39, 0.29) is 12.8 Å². The maximum Gasteiger partial charge on any atom is 0.460 e. The monoisotopic (exact) mass is 406 g/mol. The number of unbranched alkanes of at least 4 members (excludes halogenated alkanes) is 4. The van der Waals surface area contributed by atoms with E-state index in [0.717, 1.165) is 12.8 Å². The second-order valence-electron chi connectivity index (χ2n) is 6.40. The van der Waals surface area contributed by atoms with Crippen molar-refractivity contribution in [3.63, 3.8) is 0 Å². The summed E-state index contributed by atoms with van der Waals surface area (Å²) in [5.74, 6) is -27.0. The van der Waals surface area contributed by atoms with Crippen LogP contribution in [0, 0.1) is 5.92 Å². The molecule has 0 radical (unpaired) electrons. The van der Waals surface area contributed by atoms with Crippen LogP contribution in [0.1, 0.15) is 51.9 Å². The summed E-state index contributed by atoms with van der Waals surface area (Å²) in [6.45, 7) is 1.11. The molecular formula is C15H20F10O. The largest absolute Gasteiger partial charge is 0.460 e. The van der Waals surface area contributed by atoms with Gasteiger partial charge in [0.2, 0.25) is 0 Å². The summed E-state index contributed by atoms with van der Waals surface area (Å²) >= 11 is 0. The summed E-state index contributed by atoms with van der Waals surface area (Å²) in [6, 6.07) is 0. The molecule has 26 heavy (non-hydrogen) atoms. The molecule has 1 nitrogen and oxygen atoms in total. The van der Waals surface area contributed by atoms with Gasteiger partial charge >= 0.3 is 23.9 Å². The Morgan fingerprint density at radius 1 is 0.846 bits per heavy atom. The number of hydrogen-bond acceptors (Lipinski definition) is 1. The minimum Gasteiger partial charge on any atom is -0.341 e. The lowest BCUT2D eigenvalue weighted by Crippen LogP contribution is -2.68. The van der Waals surface area contributed by atoms with Crippen LogP contribution in [0.4, 0.5) is 43.9 Å². The number of rotatable bonds is 9. The van der Waals surface area contributed by atoms with Crippen LogP contribution in [0.5, 0.6) is 0 Å². The number of hydrogen-bond donors (Lipinski definition) is 0. The van der Waals surface area contributed by atoms with Gasteiger partial charge in [-0.1, -0.05) is 39.0 Å². The number of halogens is 10. The van der Waals surface area contributed by atoms with Crippen LogP contribution in [-0.4, -0.2) is 36.4 Å². The van der Waals surface area contributed by atoms with Crippen molar-refractivity contribution in [1.82, 2.24) is 0 Å². The molecule has 0 bridgehead atoms. The predicted octanol–water partition coefficient (Wildman–Crippen LogP) is 6.52. The quantitative estimate of drug-likeness (QED) is 0.313. The lowest BCUT2D eigenvalue weighted by atomic mass is 9.84. The topological polar surface area (TPSA) is 9.23 Å². The van der Waals surface area contributed by atoms with Crippen LogP contribution in [-0.2, 0) is 4.74 Å². The normalized spacial score (nSPS) is 25.7. The highest BCUT2D eigenvalue weighted by Gasteiger charge is 2.88. The first-order valence-electron chi connectivity index (χ1n) is 8.19. The molecule has 0 spiro atoms. The first-order valence-corrected chi connectivity index (χ1v) is 8.19. The average molecular weight is 406 g/mol. The van der Waals surface area contributed by atoms with Crippen molar-refractivity contribution in [3.05, 3.63) is 0 Å². The highest BCUT2D eigenvalue weighted by molar-refractivity contribution is 5.09. The van der Waals surface area contributed by atoms with Gasteiger partial charge in [-0.25, -0.2) is 4.39 Å². The van der Waals surface area contributed by atoms with E-state index in [1.165, 1.54) is 0 Å². The van der Waals surface area contributed by atoms with Gasteiger partial charge in [0.1, 0.15) is 0 Å². The van der Waals surface area contributed by atoms with E-state index in [9.17, 15) is 43.9 Å². The van der Waals surface area contributed by atoms with Gasteiger partial charge in [0, 0.05) is 5.92 Å². The van der Waals surface area contributed by atoms with E-state index in [1.54, 1.807) is 0 Å². The number of ether oxygens (including phenoxy) is 1. The van der Waals surface area contributed by atoms with Crippen LogP contribution in [0.25, 0.3) is 0 Å². The Balaban J connectivity index is 3.03. The lowest BCUT2D eigenvalue weighted by Gasteiger charge is -2.40. The average Bonchev–Trinajstić information content (AvgIpc) is 2.88. The van der Waals surface area contributed by atoms with Crippen molar-refractivity contribution in [1.29, 1.82) is 0 Å². The van der Waals surface area contributed by atoms with Crippen molar-refractivity contribution < 1.29 is 48.6 Å². The lowest BCUT2D eigenvalue weighted by molar-refractivity contribution is -0.434. The Bertz CT molecular complexity index is 462. The molecule has 0 aromatic heterocycles. The van der Waals surface area contributed by atoms with Crippen molar-refractivity contribution in [3.8, 4) is 0 Å². The summed E-state index contributed by atoms with van der Waals surface area (Å²) in [6.07, 6.45) is -4.94. The van der Waals surface area contributed by atoms with Crippen molar-refractivity contribution in [2.45, 2.75) is 81.7 Å². The van der Waals surface area contributed by atoms with Gasteiger partial charge in [-0.3, -0.25) is 0 Å². The summed E-state index contributed by atoms with van der Waals surface area (Å²) in [5, 5.41) is 0. The number of alkyl halides is 10. The van der Waals surface area contributed by atoms with Crippen LogP contribution < -0.4 is 0 Å². The Hall–Kier alpha value is -0.740. The van der Waals surface area contributed by atoms with Crippen LogP contribution in [0.3, 0.4) is 0 Å². The van der Waals surface area contributed by atoms with Crippen molar-refractivity contribution in [2.24, 2.45) is 5.92 Å². The van der Waals surface area contributed by atoms with Gasteiger partial charge in [-0.2, -0.15) is 39.5 Å². The van der Waals surface area contributed by atoms with Gasteiger partial charge in [0.05, 0.1) is 6.61 Å². The molecule has 2 unspecified atom stereocenters. The Labute approximate surface area is 144 Å². The molecule has 1 aliphatic heterocycles. The second kappa shape index (κ2) is 7.71. The zero-order valence-corrected chi connectivity index (χ0v) is 13.9. The Morgan fingerprint density at radius 2 is 1.38 bits per heavy atom. The van der Waals surface area contributed by atoms with Gasteiger partial charge in [0.25, 0.3) is 5.85 Å². The summed E-state index contributed by atoms with van der Waals surface area (Å²) in [7, 11) is 0. The molecule has 0 aliphatic carbocycles. The van der Waals surface area contributed by atoms with Gasteiger partial charge in [-0.05, 0) is 12.8 Å². The SMILES string of the molecule is CCCCCCCC1CCOC1(F)C(F)(F)C(F)(F)C(F)(F)C(F)(F)F. The zero-order chi connectivity index (χ0) is 20.4. The highest BCUT2D eigenvalue weighted by atomic mass is 19.4. The van der Waals surface area contributed by atoms with E-state index < -0.39 is 48.7 Å². The van der Waals surface area contributed by atoms with Crippen molar-refractivity contribution >= 4 is 0 Å². The van der Waals surface area contributed by atoms with Crippen LogP contribution in [0.2, 0.25) is 0 Å². The van der Waals surface area contributed by atoms with E-state index in [2.05, 4.69) is 4.74 Å². The first kappa shape index (κ1) is 23.3. The Kier molecular flexibility index (Phi) is 6.91. The van der Waals surface area contributed by atoms with E-state index in [1.807, 2.05) is 6.92 Å². The van der Waals surface area contributed by atoms with Gasteiger partial charge < -0.3 is 4.74 Å². The predicted molar refractivity (Wildman–Crippen MR) is 72.2 cm³/mol. The van der Waals surface area contributed by atoms with E-state index in [4.69, 9.17) is 0 Å². The molecule has 0 N–H and O–H groups in total. The molecule has 1 aliphatic rings. The third kappa shape index (κ3) is 3.77. The molecule has 11 heteroatoms. The molecule has 0 amide bonds. The van der Waals surface area contributed by atoms with Crippen LogP contribution >= 0.6 is 0 Å². The smallest absolute Gasteiger partial charge is 0.341 e. The molecule has 1 fully saturated rings. The minimum absolute atomic E-state index is 0.136. The van der Waals surface area contributed by atoms with E-state index in [0.29, 0.717) is 12.8 Å². The molecular weight excluding hydrogens is 386 g/mol. The second-order valence-corrected chi connectivity index (χ2v) is 6.40. The molecule has 0 aromatic carbocycles. The molecule has 2 atom stereocenters. The van der Waals surface area contributed by atoms with Crippen LogP contribution in [0.15, 0.2) is 0 Å². The van der Waals surface area contributed by atoms with E-state index >= 15 is 0 Å². The molecule has 156 valence electrons. The molecule has 0 saturated carbocycles. The third-order valence-electron chi connectivity index (χ3n) is 4.53. The zero-order valence-electron chi connectivity index (χ0n) is 13.9. The third-order valence-corrected chi connectivity index (χ3v) is 4.53. The first-order chi connectivity index (χ1) is 11.7. The maximum atomic E-state index is 14.6. The standard InChI is InChI=1S/C15H20F10O/c1-2-3-4-5-6-7-10-8-9-26-11(10,16)12(17,18)13(19,20)14(21,22)15(23,24)25/h10H,2-9H2,1H3. The fourth-order valence-corrected chi connectivity index (χ4v) is 2.91. The summed E-state index contributed by atoms with van der Waals surface area (Å²) in [4.78, 5) is 0. The summed E-state index contributed by atoms with van der Waals surface area (Å²) in [5.41, 5.74) is 0. The summed E-state index contributed by atoms with van der Waals surface area (Å²) < 4.78 is 136. The molecule has 0 aromatic rings. The highest BCUT2D eigenvalue weighted by Crippen LogP contribution is 2.60. The maximum absolute atomic E-state index is 14.6. The van der Waals surface area contributed by atoms with Gasteiger partial charge in [0.15, 0.2) is 0 Å². The minimum atomic E-state index is -7.12. The fourth-order valence-electron chi connectivity index (χ4n) is 2.91. The van der Waals surface area contributed by atoms with Crippen molar-refractivity contribution in [2.75, 3.05) is 6.61 Å². The molecule has 1 saturated heterocycles. The molecule has 1 heterocycles.